The van der Waals surface area contributed by atoms with Crippen LogP contribution in [0.2, 0.25) is 0 Å². The van der Waals surface area contributed by atoms with Gasteiger partial charge in [0.2, 0.25) is 17.7 Å². The van der Waals surface area contributed by atoms with Gasteiger partial charge in [-0.25, -0.2) is 0 Å². The lowest BCUT2D eigenvalue weighted by Gasteiger charge is -2.25. The number of nitrogens with one attached hydrogen (secondary N) is 2. The molecule has 0 aromatic rings. The number of thioether (sulfide) groups is 1. The second-order valence-corrected chi connectivity index (χ2v) is 9.77. The van der Waals surface area contributed by atoms with Gasteiger partial charge in [0.15, 0.2) is 0 Å². The molecule has 1 saturated carbocycles. The van der Waals surface area contributed by atoms with Gasteiger partial charge in [-0.2, -0.15) is 0 Å². The van der Waals surface area contributed by atoms with Gasteiger partial charge in [0.25, 0.3) is 0 Å². The average Bonchev–Trinajstić information content (AvgIpc) is 3.27. The van der Waals surface area contributed by atoms with Gasteiger partial charge in [-0.1, -0.05) is 60.8 Å². The number of imide groups is 1. The number of Topliss-reactive ketones (excluding diaryl/α,β-unsaturated/α-hetero) is 1. The highest BCUT2D eigenvalue weighted by Crippen LogP contribution is 2.29. The minimum atomic E-state index is -0.653. The zero-order chi connectivity index (χ0) is 32.6. The number of hydrogen-bond acceptors (Lipinski definition) is 9. The summed E-state index contributed by atoms with van der Waals surface area (Å²) < 4.78 is 10.9. The lowest BCUT2D eigenvalue weighted by molar-refractivity contribution is -0.139. The largest absolute Gasteiger partial charge is 0.378 e. The van der Waals surface area contributed by atoms with E-state index in [4.69, 9.17) is 14.3 Å². The first-order valence-electron chi connectivity index (χ1n) is 15.1. The molecule has 41 heavy (non-hydrogen) atoms. The molecule has 2 N–H and O–H groups in total. The van der Waals surface area contributed by atoms with Crippen LogP contribution in [-0.2, 0) is 33.4 Å². The first-order valence-corrected chi connectivity index (χ1v) is 16.1. The van der Waals surface area contributed by atoms with Crippen molar-refractivity contribution in [2.24, 2.45) is 5.92 Å². The summed E-state index contributed by atoms with van der Waals surface area (Å²) in [6.45, 7) is 18.6. The molecule has 2 fully saturated rings. The third-order valence-corrected chi connectivity index (χ3v) is 6.56. The average molecular weight is 608 g/mol. The molecule has 0 aromatic heterocycles. The predicted octanol–water partition coefficient (Wildman–Crippen LogP) is 4.28. The summed E-state index contributed by atoms with van der Waals surface area (Å²) in [5.74, 6) is 0.540. The van der Waals surface area contributed by atoms with E-state index in [0.29, 0.717) is 31.4 Å². The van der Waals surface area contributed by atoms with Crippen molar-refractivity contribution in [2.75, 3.05) is 52.8 Å². The zero-order valence-corrected chi connectivity index (χ0v) is 28.5. The van der Waals surface area contributed by atoms with E-state index in [1.807, 2.05) is 62.4 Å². The third-order valence-electron chi connectivity index (χ3n) is 5.39. The van der Waals surface area contributed by atoms with Crippen molar-refractivity contribution >= 4 is 42.1 Å². The van der Waals surface area contributed by atoms with Crippen LogP contribution in [0.1, 0.15) is 93.9 Å². The molecule has 2 aliphatic rings. The Kier molecular flexibility index (Phi) is 38.7. The van der Waals surface area contributed by atoms with Crippen LogP contribution in [0.25, 0.3) is 0 Å². The highest BCUT2D eigenvalue weighted by molar-refractivity contribution is 8.00. The fraction of sp³-hybridized carbons (Fsp3) is 0.833. The van der Waals surface area contributed by atoms with E-state index in [0.717, 1.165) is 12.8 Å². The SMILES string of the molecule is C=O.CC.CC.CC.CC(=O)CNC(=O)C(C)OCCOCCSC1CC(=O)N(CC2CCCCC2)C1=O.CNC. The van der Waals surface area contributed by atoms with Gasteiger partial charge in [0.05, 0.1) is 31.6 Å². The number of amides is 3. The standard InChI is InChI=1S/C21H34N2O6S.C2H7N.3C2H6.CH2O/c1-15(24)13-22-20(26)16(2)29-9-8-28-10-11-30-18-12-19(25)23(21(18)27)14-17-6-4-3-5-7-17;1-3-2;4*1-2/h16-18H,3-14H2,1-2H3,(H,22,26);3H,1-2H3;3*1-2H3;1H2. The van der Waals surface area contributed by atoms with Crippen LogP contribution in [-0.4, -0.2) is 99.3 Å². The zero-order valence-electron chi connectivity index (χ0n) is 27.6. The number of hydrogen-bond donors (Lipinski definition) is 2. The molecule has 11 heteroatoms. The molecular weight excluding hydrogens is 546 g/mol. The van der Waals surface area contributed by atoms with E-state index in [1.54, 1.807) is 6.92 Å². The first-order chi connectivity index (χ1) is 19.8. The lowest BCUT2D eigenvalue weighted by Crippen LogP contribution is -2.37. The maximum absolute atomic E-state index is 12.6. The molecule has 0 spiro atoms. The van der Waals surface area contributed by atoms with E-state index in [-0.39, 0.29) is 48.3 Å². The number of ketones is 1. The second kappa shape index (κ2) is 34.4. The topological polar surface area (TPSA) is 131 Å². The molecule has 244 valence electrons. The Balaban J connectivity index is -0.000000550. The molecular formula is C30H61N3O7S. The minimum absolute atomic E-state index is 0.000725. The van der Waals surface area contributed by atoms with Crippen LogP contribution in [0.3, 0.4) is 0 Å². The molecule has 1 aliphatic carbocycles. The predicted molar refractivity (Wildman–Crippen MR) is 170 cm³/mol. The highest BCUT2D eigenvalue weighted by Gasteiger charge is 2.39. The van der Waals surface area contributed by atoms with Gasteiger partial charge >= 0.3 is 0 Å². The minimum Gasteiger partial charge on any atom is -0.378 e. The van der Waals surface area contributed by atoms with E-state index < -0.39 is 6.10 Å². The summed E-state index contributed by atoms with van der Waals surface area (Å²) in [5, 5.41) is 4.94. The fourth-order valence-corrected chi connectivity index (χ4v) is 4.70. The summed E-state index contributed by atoms with van der Waals surface area (Å²) >= 11 is 1.47. The number of nitrogens with zero attached hydrogens (tertiary/aromatic N) is 1. The summed E-state index contributed by atoms with van der Waals surface area (Å²) in [6.07, 6.45) is 5.51. The molecule has 0 radical (unpaired) electrons. The number of likely N-dealkylation sites (tertiary alicyclic amines) is 1. The summed E-state index contributed by atoms with van der Waals surface area (Å²) in [7, 11) is 3.75. The van der Waals surface area contributed by atoms with Crippen LogP contribution in [0.15, 0.2) is 0 Å². The van der Waals surface area contributed by atoms with E-state index in [9.17, 15) is 19.2 Å². The highest BCUT2D eigenvalue weighted by atomic mass is 32.2. The Morgan fingerprint density at radius 1 is 0.976 bits per heavy atom. The van der Waals surface area contributed by atoms with E-state index >= 15 is 0 Å². The van der Waals surface area contributed by atoms with Crippen molar-refractivity contribution < 1.29 is 33.4 Å². The van der Waals surface area contributed by atoms with Gasteiger partial charge < -0.3 is 24.9 Å². The van der Waals surface area contributed by atoms with Gasteiger partial charge in [-0.05, 0) is 46.7 Å². The fourth-order valence-electron chi connectivity index (χ4n) is 3.67. The van der Waals surface area contributed by atoms with Gasteiger partial charge in [-0.3, -0.25) is 24.1 Å². The summed E-state index contributed by atoms with van der Waals surface area (Å²) in [6, 6.07) is 0. The van der Waals surface area contributed by atoms with Crippen molar-refractivity contribution in [2.45, 2.75) is 105 Å². The van der Waals surface area contributed by atoms with Crippen molar-refractivity contribution in [1.82, 2.24) is 15.5 Å². The Hall–Kier alpha value is -1.82. The molecule has 0 aromatic carbocycles. The lowest BCUT2D eigenvalue weighted by atomic mass is 9.89. The second-order valence-electron chi connectivity index (χ2n) is 8.46. The molecule has 1 saturated heterocycles. The number of carbonyl (C=O) groups is 5. The van der Waals surface area contributed by atoms with Crippen molar-refractivity contribution in [3.63, 3.8) is 0 Å². The van der Waals surface area contributed by atoms with E-state index in [1.165, 1.54) is 42.8 Å². The Morgan fingerprint density at radius 3 is 2.02 bits per heavy atom. The van der Waals surface area contributed by atoms with Crippen LogP contribution < -0.4 is 10.6 Å². The van der Waals surface area contributed by atoms with Crippen LogP contribution in [0, 0.1) is 5.92 Å². The van der Waals surface area contributed by atoms with Crippen molar-refractivity contribution in [3.05, 3.63) is 0 Å². The third kappa shape index (κ3) is 24.5. The molecule has 10 nitrogen and oxygen atoms in total. The first kappa shape index (κ1) is 46.1. The maximum atomic E-state index is 12.6. The monoisotopic (exact) mass is 607 g/mol. The number of carbonyl (C=O) groups excluding carboxylic acids is 5. The molecule has 3 amide bonds. The molecule has 2 atom stereocenters. The van der Waals surface area contributed by atoms with Crippen LogP contribution in [0.5, 0.6) is 0 Å². The van der Waals surface area contributed by atoms with Crippen LogP contribution in [0.4, 0.5) is 0 Å². The van der Waals surface area contributed by atoms with Gasteiger partial charge in [0.1, 0.15) is 18.7 Å². The smallest absolute Gasteiger partial charge is 0.249 e. The van der Waals surface area contributed by atoms with Gasteiger partial charge in [0, 0.05) is 18.7 Å². The van der Waals surface area contributed by atoms with Crippen molar-refractivity contribution in [1.29, 1.82) is 0 Å². The number of rotatable bonds is 13. The molecule has 1 aliphatic heterocycles. The maximum Gasteiger partial charge on any atom is 0.249 e. The molecule has 2 unspecified atom stereocenters. The Bertz CT molecular complexity index is 648. The summed E-state index contributed by atoms with van der Waals surface area (Å²) in [4.78, 5) is 56.8. The molecule has 2 rings (SSSR count). The van der Waals surface area contributed by atoms with Gasteiger partial charge in [-0.15, -0.1) is 11.8 Å². The Morgan fingerprint density at radius 2 is 1.51 bits per heavy atom. The molecule has 1 heterocycles. The van der Waals surface area contributed by atoms with E-state index in [2.05, 4.69) is 10.6 Å². The summed E-state index contributed by atoms with van der Waals surface area (Å²) in [5.41, 5.74) is 0. The van der Waals surface area contributed by atoms with Crippen molar-refractivity contribution in [3.8, 4) is 0 Å². The quantitative estimate of drug-likeness (QED) is 0.233. The number of ether oxygens (including phenoxy) is 2. The molecule has 0 bridgehead atoms. The normalized spacial score (nSPS) is 16.4. The van der Waals surface area contributed by atoms with Crippen LogP contribution >= 0.6 is 11.8 Å². The Labute approximate surface area is 254 Å².